The van der Waals surface area contributed by atoms with Crippen LogP contribution in [0.3, 0.4) is 0 Å². The van der Waals surface area contributed by atoms with Crippen LogP contribution in [0, 0.1) is 0 Å². The van der Waals surface area contributed by atoms with Crippen molar-refractivity contribution in [1.82, 2.24) is 9.71 Å². The maximum atomic E-state index is 5.43. The summed E-state index contributed by atoms with van der Waals surface area (Å²) in [5.41, 5.74) is 6.13. The quantitative estimate of drug-likeness (QED) is 0.623. The maximum absolute atomic E-state index is 5.43. The highest BCUT2D eigenvalue weighted by atomic mass is 32.2. The molecule has 0 saturated carbocycles. The number of nitrogen functional groups attached to an aromatic ring is 1. The van der Waals surface area contributed by atoms with Crippen molar-refractivity contribution >= 4 is 17.6 Å². The van der Waals surface area contributed by atoms with Crippen molar-refractivity contribution in [3.05, 3.63) is 18.3 Å². The Hall–Kier alpha value is -0.740. The van der Waals surface area contributed by atoms with Crippen molar-refractivity contribution in [2.45, 2.75) is 5.03 Å². The van der Waals surface area contributed by atoms with Crippen molar-refractivity contribution in [3.8, 4) is 0 Å². The number of hydrogen-bond acceptors (Lipinski definition) is 4. The van der Waals surface area contributed by atoms with Crippen LogP contribution in [0.15, 0.2) is 23.4 Å². The summed E-state index contributed by atoms with van der Waals surface area (Å²) >= 11 is 1.47. The molecule has 54 valence electrons. The average molecular weight is 155 g/mol. The highest BCUT2D eigenvalue weighted by Gasteiger charge is 1.90. The van der Waals surface area contributed by atoms with Crippen LogP contribution in [0.2, 0.25) is 0 Å². The van der Waals surface area contributed by atoms with Crippen LogP contribution in [0.5, 0.6) is 0 Å². The number of aromatic nitrogens is 1. The van der Waals surface area contributed by atoms with Gasteiger partial charge in [-0.15, -0.1) is 0 Å². The zero-order valence-corrected chi connectivity index (χ0v) is 6.48. The van der Waals surface area contributed by atoms with Crippen LogP contribution in [0.1, 0.15) is 0 Å². The third-order valence-electron chi connectivity index (χ3n) is 0.966. The predicted octanol–water partition coefficient (Wildman–Crippen LogP) is 0.890. The number of nitrogens with one attached hydrogen (secondary N) is 1. The minimum absolute atomic E-state index is 0.695. The lowest BCUT2D eigenvalue weighted by Crippen LogP contribution is -1.93. The fourth-order valence-electron chi connectivity index (χ4n) is 0.557. The summed E-state index contributed by atoms with van der Waals surface area (Å²) in [7, 11) is 1.85. The molecule has 10 heavy (non-hydrogen) atoms. The first-order valence-corrected chi connectivity index (χ1v) is 3.69. The molecule has 1 heterocycles. The summed E-state index contributed by atoms with van der Waals surface area (Å²) in [5, 5.41) is 0.928. The van der Waals surface area contributed by atoms with Crippen molar-refractivity contribution in [2.24, 2.45) is 0 Å². The number of hydrogen-bond donors (Lipinski definition) is 2. The van der Waals surface area contributed by atoms with Gasteiger partial charge in [0, 0.05) is 0 Å². The molecule has 0 saturated heterocycles. The lowest BCUT2D eigenvalue weighted by molar-refractivity contribution is 1.12. The van der Waals surface area contributed by atoms with E-state index < -0.39 is 0 Å². The van der Waals surface area contributed by atoms with E-state index in [-0.39, 0.29) is 0 Å². The van der Waals surface area contributed by atoms with E-state index >= 15 is 0 Å². The fourth-order valence-corrected chi connectivity index (χ4v) is 1.01. The van der Waals surface area contributed by atoms with Gasteiger partial charge in [0.05, 0.1) is 11.9 Å². The molecule has 0 aliphatic rings. The van der Waals surface area contributed by atoms with E-state index in [1.807, 2.05) is 19.2 Å². The Labute approximate surface area is 64.2 Å². The molecule has 0 spiro atoms. The molecule has 0 radical (unpaired) electrons. The summed E-state index contributed by atoms with van der Waals surface area (Å²) in [5.74, 6) is 0. The first kappa shape index (κ1) is 7.37. The highest BCUT2D eigenvalue weighted by Crippen LogP contribution is 2.10. The molecule has 0 aliphatic heterocycles. The second-order valence-corrected chi connectivity index (χ2v) is 2.77. The first-order valence-electron chi connectivity index (χ1n) is 2.88. The molecule has 0 aromatic carbocycles. The monoisotopic (exact) mass is 155 g/mol. The third-order valence-corrected chi connectivity index (χ3v) is 1.62. The normalized spacial score (nSPS) is 9.70. The van der Waals surface area contributed by atoms with Crippen molar-refractivity contribution in [2.75, 3.05) is 12.8 Å². The molecule has 4 heteroatoms. The lowest BCUT2D eigenvalue weighted by Gasteiger charge is -1.96. The zero-order chi connectivity index (χ0) is 7.40. The number of nitrogens with zero attached hydrogens (tertiary/aromatic N) is 1. The Morgan fingerprint density at radius 1 is 1.60 bits per heavy atom. The minimum atomic E-state index is 0.695. The SMILES string of the molecule is CNSc1ccc(N)cn1. The van der Waals surface area contributed by atoms with Crippen LogP contribution in [0.25, 0.3) is 0 Å². The fraction of sp³-hybridized carbons (Fsp3) is 0.167. The van der Waals surface area contributed by atoms with Gasteiger partial charge in [-0.25, -0.2) is 4.98 Å². The molecule has 0 bridgehead atoms. The molecule has 1 aromatic heterocycles. The van der Waals surface area contributed by atoms with Gasteiger partial charge >= 0.3 is 0 Å². The van der Waals surface area contributed by atoms with E-state index in [2.05, 4.69) is 9.71 Å². The molecule has 3 nitrogen and oxygen atoms in total. The van der Waals surface area contributed by atoms with Crippen LogP contribution in [-0.4, -0.2) is 12.0 Å². The molecular formula is C6H9N3S. The van der Waals surface area contributed by atoms with Gasteiger partial charge in [-0.2, -0.15) is 0 Å². The van der Waals surface area contributed by atoms with E-state index in [0.29, 0.717) is 5.69 Å². The average Bonchev–Trinajstić information content (AvgIpc) is 1.95. The highest BCUT2D eigenvalue weighted by molar-refractivity contribution is 7.97. The van der Waals surface area contributed by atoms with Crippen LogP contribution in [0.4, 0.5) is 5.69 Å². The maximum Gasteiger partial charge on any atom is 0.111 e. The van der Waals surface area contributed by atoms with Crippen molar-refractivity contribution in [1.29, 1.82) is 0 Å². The standard InChI is InChI=1S/C6H9N3S/c1-8-10-6-3-2-5(7)4-9-6/h2-4,8H,7H2,1H3. The summed E-state index contributed by atoms with van der Waals surface area (Å²) in [4.78, 5) is 4.04. The summed E-state index contributed by atoms with van der Waals surface area (Å²) < 4.78 is 2.92. The Morgan fingerprint density at radius 2 is 2.40 bits per heavy atom. The van der Waals surface area contributed by atoms with E-state index in [0.717, 1.165) is 5.03 Å². The second-order valence-electron chi connectivity index (χ2n) is 1.74. The summed E-state index contributed by atoms with van der Waals surface area (Å²) in [6.07, 6.45) is 1.64. The van der Waals surface area contributed by atoms with E-state index in [9.17, 15) is 0 Å². The third kappa shape index (κ3) is 1.89. The smallest absolute Gasteiger partial charge is 0.111 e. The predicted molar refractivity (Wildman–Crippen MR) is 43.6 cm³/mol. The van der Waals surface area contributed by atoms with Crippen LogP contribution < -0.4 is 10.5 Å². The number of anilines is 1. The molecular weight excluding hydrogens is 146 g/mol. The van der Waals surface area contributed by atoms with E-state index in [1.165, 1.54) is 11.9 Å². The molecule has 0 fully saturated rings. The van der Waals surface area contributed by atoms with E-state index in [1.54, 1.807) is 6.20 Å². The number of rotatable bonds is 2. The van der Waals surface area contributed by atoms with Gasteiger partial charge < -0.3 is 5.73 Å². The zero-order valence-electron chi connectivity index (χ0n) is 5.66. The Kier molecular flexibility index (Phi) is 2.53. The second kappa shape index (κ2) is 3.43. The molecule has 1 rings (SSSR count). The van der Waals surface area contributed by atoms with Gasteiger partial charge in [0.1, 0.15) is 5.03 Å². The topological polar surface area (TPSA) is 50.9 Å². The Balaban J connectivity index is 2.69. The molecule has 0 unspecified atom stereocenters. The molecule has 3 N–H and O–H groups in total. The number of nitrogens with two attached hydrogens (primary N) is 1. The molecule has 0 amide bonds. The molecule has 0 aliphatic carbocycles. The van der Waals surface area contributed by atoms with Gasteiger partial charge in [0.2, 0.25) is 0 Å². The Bertz CT molecular complexity index is 197. The minimum Gasteiger partial charge on any atom is -0.397 e. The van der Waals surface area contributed by atoms with Gasteiger partial charge in [-0.3, -0.25) is 4.72 Å². The first-order chi connectivity index (χ1) is 4.83. The number of pyridine rings is 1. The van der Waals surface area contributed by atoms with Gasteiger partial charge in [-0.05, 0) is 31.1 Å². The Morgan fingerprint density at radius 3 is 2.90 bits per heavy atom. The largest absolute Gasteiger partial charge is 0.397 e. The lowest BCUT2D eigenvalue weighted by atomic mass is 10.4. The summed E-state index contributed by atoms with van der Waals surface area (Å²) in [6, 6.07) is 3.70. The molecule has 0 atom stereocenters. The van der Waals surface area contributed by atoms with E-state index in [4.69, 9.17) is 5.73 Å². The summed E-state index contributed by atoms with van der Waals surface area (Å²) in [6.45, 7) is 0. The van der Waals surface area contributed by atoms with Crippen molar-refractivity contribution in [3.63, 3.8) is 0 Å². The van der Waals surface area contributed by atoms with Crippen molar-refractivity contribution < 1.29 is 0 Å². The van der Waals surface area contributed by atoms with Crippen LogP contribution in [-0.2, 0) is 0 Å². The van der Waals surface area contributed by atoms with Gasteiger partial charge in [0.15, 0.2) is 0 Å². The van der Waals surface area contributed by atoms with Gasteiger partial charge in [-0.1, -0.05) is 0 Å². The molecule has 1 aromatic rings. The van der Waals surface area contributed by atoms with Gasteiger partial charge in [0.25, 0.3) is 0 Å². The van der Waals surface area contributed by atoms with Crippen LogP contribution >= 0.6 is 11.9 Å².